The van der Waals surface area contributed by atoms with Crippen LogP contribution in [0.3, 0.4) is 0 Å². The molecule has 0 saturated heterocycles. The van der Waals surface area contributed by atoms with E-state index in [1.807, 2.05) is 18.2 Å². The lowest BCUT2D eigenvalue weighted by Gasteiger charge is -2.33. The minimum atomic E-state index is 0.177. The van der Waals surface area contributed by atoms with Gasteiger partial charge in [0.1, 0.15) is 0 Å². The Morgan fingerprint density at radius 2 is 1.02 bits per heavy atom. The zero-order chi connectivity index (χ0) is 29.6. The lowest BCUT2D eigenvalue weighted by molar-refractivity contribution is 0.284. The maximum atomic E-state index is 3.57. The molecule has 0 radical (unpaired) electrons. The van der Waals surface area contributed by atoms with E-state index in [9.17, 15) is 0 Å². The van der Waals surface area contributed by atoms with Crippen molar-refractivity contribution in [3.05, 3.63) is 145 Å². The SMILES string of the molecule is CC(C)(C)CC(C)(C)c1ccc(Nc2cccc3ccccc23)cc1.c1ccc(Nc2ccc3ccccc3c2)cc1. The summed E-state index contributed by atoms with van der Waals surface area (Å²) in [7, 11) is 0. The molecule has 0 fully saturated rings. The second-order valence-corrected chi connectivity index (χ2v) is 12.9. The highest BCUT2D eigenvalue weighted by Gasteiger charge is 2.27. The number of anilines is 4. The Morgan fingerprint density at radius 3 is 1.74 bits per heavy atom. The van der Waals surface area contributed by atoms with Crippen molar-refractivity contribution in [3.8, 4) is 0 Å². The number of hydrogen-bond acceptors (Lipinski definition) is 2. The van der Waals surface area contributed by atoms with Crippen molar-refractivity contribution >= 4 is 44.3 Å². The maximum absolute atomic E-state index is 3.57. The van der Waals surface area contributed by atoms with Crippen LogP contribution in [0.1, 0.15) is 46.6 Å². The number of benzene rings is 6. The Balaban J connectivity index is 0.000000180. The molecule has 0 aromatic heterocycles. The standard InChI is InChI=1S/C24H29N.C16H13N/c1-23(2,3)17-24(4,5)19-13-15-20(16-14-19)25-22-12-8-10-18-9-6-7-11-21(18)22;1-2-8-15(9-3-1)17-16-11-10-13-6-4-5-7-14(13)12-16/h6-16,25H,17H2,1-5H3;1-12,17H. The Bertz CT molecular complexity index is 1740. The van der Waals surface area contributed by atoms with E-state index in [4.69, 9.17) is 0 Å². The van der Waals surface area contributed by atoms with Gasteiger partial charge < -0.3 is 10.6 Å². The van der Waals surface area contributed by atoms with Gasteiger partial charge in [0, 0.05) is 28.1 Å². The van der Waals surface area contributed by atoms with Gasteiger partial charge >= 0.3 is 0 Å². The monoisotopic (exact) mass is 550 g/mol. The van der Waals surface area contributed by atoms with Crippen molar-refractivity contribution in [2.45, 2.75) is 46.5 Å². The normalized spacial score (nSPS) is 11.5. The Hall–Kier alpha value is -4.56. The highest BCUT2D eigenvalue weighted by molar-refractivity contribution is 5.95. The third-order valence-corrected chi connectivity index (χ3v) is 7.52. The number of nitrogens with one attached hydrogen (secondary N) is 2. The zero-order valence-electron chi connectivity index (χ0n) is 25.5. The fourth-order valence-corrected chi connectivity index (χ4v) is 5.88. The molecule has 0 atom stereocenters. The number of para-hydroxylation sites is 1. The van der Waals surface area contributed by atoms with Gasteiger partial charge in [0.15, 0.2) is 0 Å². The largest absolute Gasteiger partial charge is 0.356 e. The molecule has 0 amide bonds. The molecule has 0 aliphatic carbocycles. The fraction of sp³-hybridized carbons (Fsp3) is 0.200. The van der Waals surface area contributed by atoms with Gasteiger partial charge in [0.2, 0.25) is 0 Å². The second-order valence-electron chi connectivity index (χ2n) is 12.9. The van der Waals surface area contributed by atoms with Crippen LogP contribution in [-0.4, -0.2) is 0 Å². The first-order chi connectivity index (χ1) is 20.2. The van der Waals surface area contributed by atoms with Crippen molar-refractivity contribution in [1.29, 1.82) is 0 Å². The predicted molar refractivity (Wildman–Crippen MR) is 184 cm³/mol. The van der Waals surface area contributed by atoms with Crippen LogP contribution in [0, 0.1) is 5.41 Å². The molecular weight excluding hydrogens is 508 g/mol. The van der Waals surface area contributed by atoms with Gasteiger partial charge in [-0.1, -0.05) is 132 Å². The predicted octanol–water partition coefficient (Wildman–Crippen LogP) is 11.9. The summed E-state index contributed by atoms with van der Waals surface area (Å²) >= 11 is 0. The van der Waals surface area contributed by atoms with Crippen LogP contribution < -0.4 is 10.6 Å². The van der Waals surface area contributed by atoms with E-state index in [1.165, 1.54) is 27.1 Å². The molecule has 2 heteroatoms. The first kappa shape index (κ1) is 29.0. The summed E-state index contributed by atoms with van der Waals surface area (Å²) in [5.74, 6) is 0. The Kier molecular flexibility index (Phi) is 8.64. The van der Waals surface area contributed by atoms with E-state index in [0.29, 0.717) is 5.41 Å². The van der Waals surface area contributed by atoms with Crippen molar-refractivity contribution in [2.75, 3.05) is 10.6 Å². The fourth-order valence-electron chi connectivity index (χ4n) is 5.88. The lowest BCUT2D eigenvalue weighted by Crippen LogP contribution is -2.24. The van der Waals surface area contributed by atoms with Crippen molar-refractivity contribution < 1.29 is 0 Å². The molecule has 212 valence electrons. The van der Waals surface area contributed by atoms with Crippen LogP contribution in [0.2, 0.25) is 0 Å². The van der Waals surface area contributed by atoms with Gasteiger partial charge in [-0.05, 0) is 81.4 Å². The van der Waals surface area contributed by atoms with Crippen molar-refractivity contribution in [3.63, 3.8) is 0 Å². The highest BCUT2D eigenvalue weighted by Crippen LogP contribution is 2.37. The summed E-state index contributed by atoms with van der Waals surface area (Å²) in [6, 6.07) is 48.8. The average molecular weight is 551 g/mol. The van der Waals surface area contributed by atoms with E-state index < -0.39 is 0 Å². The Labute approximate surface area is 251 Å². The molecule has 0 aliphatic rings. The summed E-state index contributed by atoms with van der Waals surface area (Å²) < 4.78 is 0. The summed E-state index contributed by atoms with van der Waals surface area (Å²) in [6.45, 7) is 11.6. The summed E-state index contributed by atoms with van der Waals surface area (Å²) in [5, 5.41) is 12.0. The van der Waals surface area contributed by atoms with Gasteiger partial charge in [-0.15, -0.1) is 0 Å². The molecule has 42 heavy (non-hydrogen) atoms. The minimum absolute atomic E-state index is 0.177. The maximum Gasteiger partial charge on any atom is 0.0463 e. The van der Waals surface area contributed by atoms with E-state index in [1.54, 1.807) is 0 Å². The van der Waals surface area contributed by atoms with Crippen LogP contribution in [0.15, 0.2) is 140 Å². The van der Waals surface area contributed by atoms with Crippen LogP contribution in [0.4, 0.5) is 22.7 Å². The molecule has 2 N–H and O–H groups in total. The third kappa shape index (κ3) is 7.59. The topological polar surface area (TPSA) is 24.1 Å². The quantitative estimate of drug-likeness (QED) is 0.215. The smallest absolute Gasteiger partial charge is 0.0463 e. The van der Waals surface area contributed by atoms with Crippen LogP contribution in [0.25, 0.3) is 21.5 Å². The summed E-state index contributed by atoms with van der Waals surface area (Å²) in [4.78, 5) is 0. The lowest BCUT2D eigenvalue weighted by atomic mass is 9.72. The number of rotatable bonds is 6. The number of hydrogen-bond donors (Lipinski definition) is 2. The van der Waals surface area contributed by atoms with Crippen molar-refractivity contribution in [2.24, 2.45) is 5.41 Å². The van der Waals surface area contributed by atoms with Gasteiger partial charge in [0.05, 0.1) is 0 Å². The van der Waals surface area contributed by atoms with Crippen molar-refractivity contribution in [1.82, 2.24) is 0 Å². The molecule has 0 unspecified atom stereocenters. The van der Waals surface area contributed by atoms with Crippen LogP contribution in [-0.2, 0) is 5.41 Å². The van der Waals surface area contributed by atoms with Gasteiger partial charge in [-0.3, -0.25) is 0 Å². The second kappa shape index (κ2) is 12.5. The summed E-state index contributed by atoms with van der Waals surface area (Å²) in [6.07, 6.45) is 1.16. The molecule has 2 nitrogen and oxygen atoms in total. The van der Waals surface area contributed by atoms with Gasteiger partial charge in [0.25, 0.3) is 0 Å². The van der Waals surface area contributed by atoms with Crippen LogP contribution in [0.5, 0.6) is 0 Å². The molecule has 6 aromatic carbocycles. The van der Waals surface area contributed by atoms with Crippen LogP contribution >= 0.6 is 0 Å². The minimum Gasteiger partial charge on any atom is -0.356 e. The molecular formula is C40H42N2. The molecule has 6 rings (SSSR count). The van der Waals surface area contributed by atoms with E-state index in [0.717, 1.165) is 29.2 Å². The molecule has 0 bridgehead atoms. The molecule has 6 aromatic rings. The van der Waals surface area contributed by atoms with Gasteiger partial charge in [-0.25, -0.2) is 0 Å². The third-order valence-electron chi connectivity index (χ3n) is 7.52. The highest BCUT2D eigenvalue weighted by atomic mass is 14.9. The Morgan fingerprint density at radius 1 is 0.452 bits per heavy atom. The average Bonchev–Trinajstić information content (AvgIpc) is 2.97. The summed E-state index contributed by atoms with van der Waals surface area (Å²) in [5.41, 5.74) is 6.41. The zero-order valence-corrected chi connectivity index (χ0v) is 25.5. The first-order valence-electron chi connectivity index (χ1n) is 14.8. The molecule has 0 aliphatic heterocycles. The molecule has 0 saturated carbocycles. The van der Waals surface area contributed by atoms with E-state index in [-0.39, 0.29) is 5.41 Å². The van der Waals surface area contributed by atoms with E-state index >= 15 is 0 Å². The van der Waals surface area contributed by atoms with E-state index in [2.05, 4.69) is 167 Å². The van der Waals surface area contributed by atoms with Gasteiger partial charge in [-0.2, -0.15) is 0 Å². The molecule has 0 spiro atoms. The molecule has 0 heterocycles. The first-order valence-corrected chi connectivity index (χ1v) is 14.8. The number of fused-ring (bicyclic) bond motifs is 2.